The van der Waals surface area contributed by atoms with Crippen LogP contribution in [0.2, 0.25) is 0 Å². The summed E-state index contributed by atoms with van der Waals surface area (Å²) in [7, 11) is 0. The third-order valence-electron chi connectivity index (χ3n) is 3.23. The van der Waals surface area contributed by atoms with Crippen molar-refractivity contribution in [3.63, 3.8) is 0 Å². The Hall–Kier alpha value is -1.97. The van der Waals surface area contributed by atoms with E-state index in [9.17, 15) is 14.4 Å². The van der Waals surface area contributed by atoms with Crippen LogP contribution >= 0.6 is 23.2 Å². The quantitative estimate of drug-likeness (QED) is 0.457. The SMILES string of the molecule is O=CC(Cl)c1cccc(C(Cl)C=O)c1C(=O)c1ccccc1. The molecule has 0 fully saturated rings. The van der Waals surface area contributed by atoms with E-state index in [1.165, 1.54) is 0 Å². The number of carbonyl (C=O) groups excluding carboxylic acids is 3. The molecule has 2 unspecified atom stereocenters. The van der Waals surface area contributed by atoms with Crippen LogP contribution in [-0.4, -0.2) is 18.4 Å². The average Bonchev–Trinajstić information content (AvgIpc) is 2.59. The predicted molar refractivity (Wildman–Crippen MR) is 85.6 cm³/mol. The molecule has 0 aliphatic carbocycles. The van der Waals surface area contributed by atoms with Crippen LogP contribution in [0.3, 0.4) is 0 Å². The number of benzene rings is 2. The molecule has 0 bridgehead atoms. The number of hydrogen-bond donors (Lipinski definition) is 0. The highest BCUT2D eigenvalue weighted by molar-refractivity contribution is 6.30. The lowest BCUT2D eigenvalue weighted by Crippen LogP contribution is -2.12. The molecule has 0 aliphatic rings. The van der Waals surface area contributed by atoms with Gasteiger partial charge in [-0.1, -0.05) is 48.5 Å². The number of rotatable bonds is 6. The fourth-order valence-corrected chi connectivity index (χ4v) is 2.55. The van der Waals surface area contributed by atoms with Crippen molar-refractivity contribution in [1.29, 1.82) is 0 Å². The van der Waals surface area contributed by atoms with Gasteiger partial charge in [-0.3, -0.25) is 4.79 Å². The zero-order valence-corrected chi connectivity index (χ0v) is 12.9. The molecular weight excluding hydrogens is 323 g/mol. The van der Waals surface area contributed by atoms with Crippen LogP contribution in [0.1, 0.15) is 37.8 Å². The van der Waals surface area contributed by atoms with E-state index in [0.29, 0.717) is 29.3 Å². The zero-order valence-electron chi connectivity index (χ0n) is 11.4. The van der Waals surface area contributed by atoms with Crippen molar-refractivity contribution in [2.45, 2.75) is 10.8 Å². The Bertz CT molecular complexity index is 666. The van der Waals surface area contributed by atoms with E-state index in [4.69, 9.17) is 23.2 Å². The first-order chi connectivity index (χ1) is 10.6. The molecule has 0 amide bonds. The van der Waals surface area contributed by atoms with Crippen LogP contribution in [0.5, 0.6) is 0 Å². The number of halogens is 2. The van der Waals surface area contributed by atoms with E-state index >= 15 is 0 Å². The maximum Gasteiger partial charge on any atom is 0.193 e. The second kappa shape index (κ2) is 7.34. The van der Waals surface area contributed by atoms with Crippen molar-refractivity contribution in [3.05, 3.63) is 70.8 Å². The topological polar surface area (TPSA) is 51.2 Å². The lowest BCUT2D eigenvalue weighted by molar-refractivity contribution is -0.108. The van der Waals surface area contributed by atoms with Gasteiger partial charge in [0.15, 0.2) is 5.78 Å². The van der Waals surface area contributed by atoms with Crippen LogP contribution in [0.15, 0.2) is 48.5 Å². The molecule has 2 atom stereocenters. The van der Waals surface area contributed by atoms with Gasteiger partial charge >= 0.3 is 0 Å². The van der Waals surface area contributed by atoms with Gasteiger partial charge in [0, 0.05) is 11.1 Å². The molecule has 2 aromatic rings. The maximum atomic E-state index is 12.8. The predicted octanol–water partition coefficient (Wildman–Crippen LogP) is 3.88. The minimum Gasteiger partial charge on any atom is -0.301 e. The third-order valence-corrected chi connectivity index (χ3v) is 3.90. The molecule has 0 saturated heterocycles. The summed E-state index contributed by atoms with van der Waals surface area (Å²) in [5.74, 6) is -0.328. The van der Waals surface area contributed by atoms with Crippen molar-refractivity contribution in [3.8, 4) is 0 Å². The maximum absolute atomic E-state index is 12.8. The summed E-state index contributed by atoms with van der Waals surface area (Å²) in [5, 5.41) is -1.98. The highest BCUT2D eigenvalue weighted by atomic mass is 35.5. The van der Waals surface area contributed by atoms with Gasteiger partial charge in [-0.25, -0.2) is 0 Å². The van der Waals surface area contributed by atoms with E-state index in [1.54, 1.807) is 48.5 Å². The summed E-state index contributed by atoms with van der Waals surface area (Å²) < 4.78 is 0. The molecule has 5 heteroatoms. The van der Waals surface area contributed by atoms with Crippen LogP contribution in [0, 0.1) is 0 Å². The minimum absolute atomic E-state index is 0.202. The smallest absolute Gasteiger partial charge is 0.193 e. The summed E-state index contributed by atoms with van der Waals surface area (Å²) >= 11 is 12.0. The number of alkyl halides is 2. The average molecular weight is 335 g/mol. The zero-order chi connectivity index (χ0) is 16.1. The monoisotopic (exact) mass is 334 g/mol. The molecule has 0 saturated carbocycles. The normalized spacial score (nSPS) is 13.2. The van der Waals surface area contributed by atoms with Gasteiger partial charge in [-0.05, 0) is 11.1 Å². The summed E-state index contributed by atoms with van der Waals surface area (Å²) in [6, 6.07) is 13.3. The Balaban J connectivity index is 2.67. The van der Waals surface area contributed by atoms with Crippen LogP contribution < -0.4 is 0 Å². The van der Waals surface area contributed by atoms with Crippen LogP contribution in [0.25, 0.3) is 0 Å². The van der Waals surface area contributed by atoms with Crippen molar-refractivity contribution in [2.24, 2.45) is 0 Å². The third kappa shape index (κ3) is 3.26. The summed E-state index contributed by atoms with van der Waals surface area (Å²) in [5.41, 5.74) is 1.32. The van der Waals surface area contributed by atoms with Gasteiger partial charge in [-0.15, -0.1) is 23.2 Å². The Morgan fingerprint density at radius 2 is 1.32 bits per heavy atom. The van der Waals surface area contributed by atoms with Crippen LogP contribution in [0.4, 0.5) is 0 Å². The summed E-state index contributed by atoms with van der Waals surface area (Å²) in [4.78, 5) is 34.8. The highest BCUT2D eigenvalue weighted by Gasteiger charge is 2.24. The van der Waals surface area contributed by atoms with Gasteiger partial charge in [0.2, 0.25) is 0 Å². The highest BCUT2D eigenvalue weighted by Crippen LogP contribution is 2.32. The largest absolute Gasteiger partial charge is 0.301 e. The molecule has 0 radical (unpaired) electrons. The van der Waals surface area contributed by atoms with Crippen molar-refractivity contribution in [2.75, 3.05) is 0 Å². The molecule has 0 aromatic heterocycles. The first-order valence-corrected chi connectivity index (χ1v) is 7.38. The molecule has 2 rings (SSSR count). The van der Waals surface area contributed by atoms with E-state index in [0.717, 1.165) is 0 Å². The molecule has 0 N–H and O–H groups in total. The summed E-state index contributed by atoms with van der Waals surface area (Å²) in [6.07, 6.45) is 1.07. The Kier molecular flexibility index (Phi) is 5.47. The minimum atomic E-state index is -0.988. The van der Waals surface area contributed by atoms with Gasteiger partial charge in [-0.2, -0.15) is 0 Å². The van der Waals surface area contributed by atoms with Crippen LogP contribution in [-0.2, 0) is 9.59 Å². The second-order valence-electron chi connectivity index (χ2n) is 4.58. The number of ketones is 1. The lowest BCUT2D eigenvalue weighted by Gasteiger charge is -2.16. The molecule has 0 aliphatic heterocycles. The van der Waals surface area contributed by atoms with Gasteiger partial charge in [0.25, 0.3) is 0 Å². The number of carbonyl (C=O) groups is 3. The number of aldehydes is 2. The van der Waals surface area contributed by atoms with E-state index in [2.05, 4.69) is 0 Å². The second-order valence-corrected chi connectivity index (χ2v) is 5.52. The van der Waals surface area contributed by atoms with Gasteiger partial charge in [0.1, 0.15) is 23.3 Å². The van der Waals surface area contributed by atoms with Crippen molar-refractivity contribution < 1.29 is 14.4 Å². The Morgan fingerprint density at radius 1 is 0.818 bits per heavy atom. The molecule has 22 heavy (non-hydrogen) atoms. The molecular formula is C17H12Cl2O3. The van der Waals surface area contributed by atoms with E-state index < -0.39 is 10.8 Å². The Morgan fingerprint density at radius 3 is 1.77 bits per heavy atom. The molecule has 2 aromatic carbocycles. The summed E-state index contributed by atoms with van der Waals surface area (Å²) in [6.45, 7) is 0. The molecule has 0 heterocycles. The fraction of sp³-hybridized carbons (Fsp3) is 0.118. The van der Waals surface area contributed by atoms with E-state index in [1.807, 2.05) is 0 Å². The van der Waals surface area contributed by atoms with Gasteiger partial charge < -0.3 is 9.59 Å². The molecule has 0 spiro atoms. The van der Waals surface area contributed by atoms with Gasteiger partial charge in [0.05, 0.1) is 0 Å². The van der Waals surface area contributed by atoms with Crippen molar-refractivity contribution in [1.82, 2.24) is 0 Å². The van der Waals surface area contributed by atoms with E-state index in [-0.39, 0.29) is 11.3 Å². The molecule has 3 nitrogen and oxygen atoms in total. The number of hydrogen-bond acceptors (Lipinski definition) is 3. The first kappa shape index (κ1) is 16.4. The fourth-order valence-electron chi connectivity index (χ4n) is 2.19. The Labute approximate surface area is 137 Å². The first-order valence-electron chi connectivity index (χ1n) is 6.51. The van der Waals surface area contributed by atoms with Crippen molar-refractivity contribution >= 4 is 41.6 Å². The molecule has 112 valence electrons. The lowest BCUT2D eigenvalue weighted by atomic mass is 9.91. The standard InChI is InChI=1S/C17H12Cl2O3/c18-14(9-20)12-7-4-8-13(15(19)10-21)16(12)17(22)11-5-2-1-3-6-11/h1-10,14-15H.